The van der Waals surface area contributed by atoms with Crippen molar-refractivity contribution >= 4 is 5.97 Å². The molecule has 6 heteroatoms. The maximum Gasteiger partial charge on any atom is 0.334 e. The van der Waals surface area contributed by atoms with Crippen molar-refractivity contribution in [2.45, 2.75) is 205 Å². The highest BCUT2D eigenvalue weighted by Crippen LogP contribution is 2.21. The average molecular weight is 583 g/mol. The molecule has 41 heavy (non-hydrogen) atoms. The molecule has 1 aliphatic rings. The van der Waals surface area contributed by atoms with E-state index in [9.17, 15) is 25.2 Å². The van der Waals surface area contributed by atoms with E-state index in [4.69, 9.17) is 4.74 Å². The minimum absolute atomic E-state index is 0.196. The molecule has 0 aliphatic carbocycles. The molecule has 6 nitrogen and oxygen atoms in total. The van der Waals surface area contributed by atoms with Gasteiger partial charge in [-0.25, -0.2) is 4.79 Å². The van der Waals surface area contributed by atoms with Crippen molar-refractivity contribution in [2.75, 3.05) is 0 Å². The van der Waals surface area contributed by atoms with E-state index in [1.165, 1.54) is 77.0 Å². The van der Waals surface area contributed by atoms with Gasteiger partial charge in [-0.05, 0) is 45.1 Å². The molecule has 4 N–H and O–H groups in total. The summed E-state index contributed by atoms with van der Waals surface area (Å²) in [6.07, 6.45) is 26.0. The summed E-state index contributed by atoms with van der Waals surface area (Å²) >= 11 is 0. The molecule has 1 aliphatic heterocycles. The van der Waals surface area contributed by atoms with E-state index in [0.29, 0.717) is 31.3 Å². The van der Waals surface area contributed by atoms with Gasteiger partial charge in [-0.15, -0.1) is 0 Å². The quantitative estimate of drug-likeness (QED) is 0.0525. The van der Waals surface area contributed by atoms with Crippen LogP contribution in [-0.2, 0) is 9.53 Å². The molecule has 0 fully saturated rings. The van der Waals surface area contributed by atoms with Crippen LogP contribution < -0.4 is 0 Å². The van der Waals surface area contributed by atoms with Crippen LogP contribution in [0.15, 0.2) is 11.6 Å². The van der Waals surface area contributed by atoms with Gasteiger partial charge in [-0.3, -0.25) is 0 Å². The van der Waals surface area contributed by atoms with Crippen LogP contribution >= 0.6 is 0 Å². The molecule has 1 rings (SSSR count). The second kappa shape index (κ2) is 25.5. The van der Waals surface area contributed by atoms with Crippen LogP contribution in [-0.4, -0.2) is 56.9 Å². The lowest BCUT2D eigenvalue weighted by atomic mass is 9.98. The first-order valence-corrected chi connectivity index (χ1v) is 17.5. The topological polar surface area (TPSA) is 107 Å². The summed E-state index contributed by atoms with van der Waals surface area (Å²) in [4.78, 5) is 11.6. The zero-order valence-corrected chi connectivity index (χ0v) is 26.7. The second-order valence-corrected chi connectivity index (χ2v) is 12.8. The Morgan fingerprint density at radius 1 is 0.585 bits per heavy atom. The van der Waals surface area contributed by atoms with Gasteiger partial charge in [0.25, 0.3) is 0 Å². The smallest absolute Gasteiger partial charge is 0.334 e. The predicted molar refractivity (Wildman–Crippen MR) is 169 cm³/mol. The lowest BCUT2D eigenvalue weighted by Crippen LogP contribution is -2.25. The molecule has 0 aromatic carbocycles. The van der Waals surface area contributed by atoms with Gasteiger partial charge in [0.15, 0.2) is 0 Å². The Labute approximate surface area is 252 Å². The van der Waals surface area contributed by atoms with Gasteiger partial charge in [0.05, 0.1) is 24.4 Å². The van der Waals surface area contributed by atoms with Crippen LogP contribution in [0.25, 0.3) is 0 Å². The van der Waals surface area contributed by atoms with Gasteiger partial charge in [-0.1, -0.05) is 129 Å². The standard InChI is InChI=1S/C35H66O6/c1-3-4-5-6-7-8-9-10-11-12-13-14-15-19-25-33(38)34(39)26-21-20-23-31(36)22-17-16-18-24-32(37)28-30-27-29(2)41-35(30)40/h27,29,31-34,36-39H,3-26,28H2,1-2H3/t29-,31-,32+,33?,34?/m0/s1. The number of ether oxygens (including phenoxy) is 1. The highest BCUT2D eigenvalue weighted by Gasteiger charge is 2.24. The van der Waals surface area contributed by atoms with Gasteiger partial charge in [-0.2, -0.15) is 0 Å². The number of hydrogen-bond donors (Lipinski definition) is 4. The fourth-order valence-electron chi connectivity index (χ4n) is 5.88. The normalized spacial score (nSPS) is 18.2. The molecule has 2 unspecified atom stereocenters. The van der Waals surface area contributed by atoms with Crippen molar-refractivity contribution in [1.82, 2.24) is 0 Å². The van der Waals surface area contributed by atoms with E-state index in [1.807, 2.05) is 6.92 Å². The van der Waals surface area contributed by atoms with Gasteiger partial charge < -0.3 is 25.2 Å². The molecular weight excluding hydrogens is 516 g/mol. The average Bonchev–Trinajstić information content (AvgIpc) is 3.26. The van der Waals surface area contributed by atoms with Crippen molar-refractivity contribution in [2.24, 2.45) is 0 Å². The number of unbranched alkanes of at least 4 members (excludes halogenated alkanes) is 16. The summed E-state index contributed by atoms with van der Waals surface area (Å²) in [5.74, 6) is -0.313. The summed E-state index contributed by atoms with van der Waals surface area (Å²) in [6, 6.07) is 0. The molecule has 0 aromatic heterocycles. The molecular formula is C35H66O6. The lowest BCUT2D eigenvalue weighted by molar-refractivity contribution is -0.139. The Morgan fingerprint density at radius 2 is 0.951 bits per heavy atom. The van der Waals surface area contributed by atoms with Crippen LogP contribution in [0.2, 0.25) is 0 Å². The van der Waals surface area contributed by atoms with Gasteiger partial charge in [0, 0.05) is 12.0 Å². The number of cyclic esters (lactones) is 1. The van der Waals surface area contributed by atoms with Crippen molar-refractivity contribution in [1.29, 1.82) is 0 Å². The number of hydrogen-bond acceptors (Lipinski definition) is 6. The first kappa shape index (κ1) is 38.1. The molecule has 0 spiro atoms. The molecule has 242 valence electrons. The van der Waals surface area contributed by atoms with E-state index >= 15 is 0 Å². The molecule has 0 amide bonds. The van der Waals surface area contributed by atoms with Crippen LogP contribution in [0, 0.1) is 0 Å². The number of carbonyl (C=O) groups excluding carboxylic acids is 1. The Kier molecular flexibility index (Phi) is 23.7. The van der Waals surface area contributed by atoms with E-state index in [1.54, 1.807) is 6.08 Å². The molecule has 5 atom stereocenters. The van der Waals surface area contributed by atoms with Gasteiger partial charge in [0.1, 0.15) is 6.10 Å². The largest absolute Gasteiger partial charge is 0.455 e. The predicted octanol–water partition coefficient (Wildman–Crippen LogP) is 8.07. The molecule has 0 bridgehead atoms. The number of rotatable bonds is 29. The molecule has 0 aromatic rings. The maximum absolute atomic E-state index is 11.6. The zero-order chi connectivity index (χ0) is 30.1. The van der Waals surface area contributed by atoms with Crippen LogP contribution in [0.5, 0.6) is 0 Å². The highest BCUT2D eigenvalue weighted by atomic mass is 16.5. The van der Waals surface area contributed by atoms with Crippen molar-refractivity contribution in [3.05, 3.63) is 11.6 Å². The Bertz CT molecular complexity index is 651. The molecule has 0 saturated carbocycles. The molecule has 0 saturated heterocycles. The summed E-state index contributed by atoms with van der Waals surface area (Å²) < 4.78 is 5.06. The van der Waals surface area contributed by atoms with Gasteiger partial charge >= 0.3 is 5.97 Å². The van der Waals surface area contributed by atoms with Gasteiger partial charge in [0.2, 0.25) is 0 Å². The SMILES string of the molecule is CCCCCCCCCCCCCCCCC(O)C(O)CCCC[C@@H](O)CCCCC[C@@H](O)CC1=C[C@H](C)OC1=O. The first-order valence-electron chi connectivity index (χ1n) is 17.5. The molecule has 1 heterocycles. The van der Waals surface area contributed by atoms with Crippen molar-refractivity contribution < 1.29 is 30.0 Å². The Balaban J connectivity index is 1.88. The Morgan fingerprint density at radius 3 is 1.41 bits per heavy atom. The third-order valence-corrected chi connectivity index (χ3v) is 8.61. The van der Waals surface area contributed by atoms with Crippen molar-refractivity contribution in [3.8, 4) is 0 Å². The van der Waals surface area contributed by atoms with Crippen LogP contribution in [0.4, 0.5) is 0 Å². The highest BCUT2D eigenvalue weighted by molar-refractivity contribution is 5.90. The molecule has 0 radical (unpaired) electrons. The van der Waals surface area contributed by atoms with E-state index in [0.717, 1.165) is 57.8 Å². The zero-order valence-electron chi connectivity index (χ0n) is 26.7. The third kappa shape index (κ3) is 21.4. The number of aliphatic hydroxyl groups is 4. The summed E-state index contributed by atoms with van der Waals surface area (Å²) in [5.41, 5.74) is 0.577. The fourth-order valence-corrected chi connectivity index (χ4v) is 5.88. The Hall–Kier alpha value is -0.950. The number of carbonyl (C=O) groups is 1. The van der Waals surface area contributed by atoms with E-state index < -0.39 is 18.3 Å². The van der Waals surface area contributed by atoms with E-state index in [2.05, 4.69) is 6.92 Å². The number of aliphatic hydroxyl groups excluding tert-OH is 4. The lowest BCUT2D eigenvalue weighted by Gasteiger charge is -2.18. The summed E-state index contributed by atoms with van der Waals surface area (Å²) in [7, 11) is 0. The number of esters is 1. The minimum atomic E-state index is -0.661. The van der Waals surface area contributed by atoms with Crippen LogP contribution in [0.3, 0.4) is 0 Å². The van der Waals surface area contributed by atoms with E-state index in [-0.39, 0.29) is 18.2 Å². The third-order valence-electron chi connectivity index (χ3n) is 8.61. The summed E-state index contributed by atoms with van der Waals surface area (Å²) in [6.45, 7) is 4.08. The summed E-state index contributed by atoms with van der Waals surface area (Å²) in [5, 5.41) is 41.0. The van der Waals surface area contributed by atoms with Crippen molar-refractivity contribution in [3.63, 3.8) is 0 Å². The fraction of sp³-hybridized carbons (Fsp3) is 0.914. The minimum Gasteiger partial charge on any atom is -0.455 e. The second-order valence-electron chi connectivity index (χ2n) is 12.8. The monoisotopic (exact) mass is 582 g/mol. The van der Waals surface area contributed by atoms with Crippen LogP contribution in [0.1, 0.15) is 174 Å². The first-order chi connectivity index (χ1) is 19.8. The maximum atomic E-state index is 11.6.